The monoisotopic (exact) mass is 465 g/mol. The first-order chi connectivity index (χ1) is 15.3. The molecule has 0 bridgehead atoms. The van der Waals surface area contributed by atoms with Crippen LogP contribution in [-0.4, -0.2) is 57.8 Å². The molecule has 1 heterocycles. The summed E-state index contributed by atoms with van der Waals surface area (Å²) in [4.78, 5) is 12.4. The maximum Gasteiger partial charge on any atom is 0.407 e. The highest BCUT2D eigenvalue weighted by atomic mass is 28.4. The molecule has 1 amide bonds. The van der Waals surface area contributed by atoms with Crippen LogP contribution in [0.1, 0.15) is 46.6 Å². The number of amides is 1. The Balaban J connectivity index is 1.51. The summed E-state index contributed by atoms with van der Waals surface area (Å²) in [6, 6.07) is 12.8. The Labute approximate surface area is 193 Å². The first-order valence-corrected chi connectivity index (χ1v) is 14.4. The molecule has 8 heteroatoms. The summed E-state index contributed by atoms with van der Waals surface area (Å²) in [7, 11) is -1.63. The molecule has 1 aromatic rings. The maximum absolute atomic E-state index is 12.4. The second kappa shape index (κ2) is 11.1. The van der Waals surface area contributed by atoms with Gasteiger partial charge in [0.1, 0.15) is 18.8 Å². The molecule has 3 rings (SSSR count). The smallest absolute Gasteiger partial charge is 0.407 e. The average Bonchev–Trinajstić information content (AvgIpc) is 3.27. The molecule has 2 aliphatic rings. The Morgan fingerprint density at radius 3 is 2.38 bits per heavy atom. The van der Waals surface area contributed by atoms with Crippen LogP contribution in [0.2, 0.25) is 18.1 Å². The minimum absolute atomic E-state index is 0.161. The van der Waals surface area contributed by atoms with Gasteiger partial charge in [0.15, 0.2) is 14.1 Å². The van der Waals surface area contributed by atoms with Gasteiger partial charge in [-0.05, 0) is 44.0 Å². The standard InChI is InChI=1S/C24H39NO6Si/c1-6-32(7-2,8-3)29-15-14-27-20-16-19(21-22(20)31-24(4,5)30-21)25-23(26)28-17-18-12-10-9-11-13-18/h9-13,19-22H,6-8,14-17H2,1-5H3,(H,25,26)/t19-,20+,21+,22-/m1/s1. The summed E-state index contributed by atoms with van der Waals surface area (Å²) in [5, 5.41) is 2.96. The fourth-order valence-corrected chi connectivity index (χ4v) is 7.30. The first-order valence-electron chi connectivity index (χ1n) is 11.9. The molecule has 0 radical (unpaired) electrons. The van der Waals surface area contributed by atoms with Crippen molar-refractivity contribution >= 4 is 14.4 Å². The van der Waals surface area contributed by atoms with E-state index in [0.29, 0.717) is 19.6 Å². The average molecular weight is 466 g/mol. The summed E-state index contributed by atoms with van der Waals surface area (Å²) in [6.07, 6.45) is -0.500. The molecule has 1 N–H and O–H groups in total. The summed E-state index contributed by atoms with van der Waals surface area (Å²) >= 11 is 0. The van der Waals surface area contributed by atoms with Gasteiger partial charge in [-0.1, -0.05) is 51.1 Å². The highest BCUT2D eigenvalue weighted by molar-refractivity contribution is 6.73. The lowest BCUT2D eigenvalue weighted by atomic mass is 10.2. The predicted octanol–water partition coefficient (Wildman–Crippen LogP) is 4.61. The maximum atomic E-state index is 12.4. The first kappa shape index (κ1) is 25.2. The molecule has 4 atom stereocenters. The predicted molar refractivity (Wildman–Crippen MR) is 125 cm³/mol. The minimum atomic E-state index is -1.63. The lowest BCUT2D eigenvalue weighted by molar-refractivity contribution is -0.169. The van der Waals surface area contributed by atoms with Crippen LogP contribution in [-0.2, 0) is 30.0 Å². The van der Waals surface area contributed by atoms with Crippen molar-refractivity contribution in [2.45, 2.75) is 95.9 Å². The van der Waals surface area contributed by atoms with Crippen molar-refractivity contribution in [2.24, 2.45) is 0 Å². The van der Waals surface area contributed by atoms with E-state index >= 15 is 0 Å². The Bertz CT molecular complexity index is 718. The van der Waals surface area contributed by atoms with Crippen LogP contribution in [0.4, 0.5) is 4.79 Å². The Kier molecular flexibility index (Phi) is 8.74. The number of nitrogens with one attached hydrogen (secondary N) is 1. The third-order valence-corrected chi connectivity index (χ3v) is 11.4. The number of hydrogen-bond donors (Lipinski definition) is 1. The quantitative estimate of drug-likeness (QED) is 0.380. The number of hydrogen-bond acceptors (Lipinski definition) is 6. The number of carbonyl (C=O) groups excluding carboxylic acids is 1. The van der Waals surface area contributed by atoms with Gasteiger partial charge < -0.3 is 28.7 Å². The van der Waals surface area contributed by atoms with Crippen LogP contribution in [0.15, 0.2) is 30.3 Å². The second-order valence-electron chi connectivity index (χ2n) is 9.11. The van der Waals surface area contributed by atoms with Gasteiger partial charge >= 0.3 is 6.09 Å². The zero-order valence-electron chi connectivity index (χ0n) is 20.1. The molecule has 1 aliphatic carbocycles. The molecule has 0 spiro atoms. The molecule has 180 valence electrons. The van der Waals surface area contributed by atoms with E-state index in [4.69, 9.17) is 23.4 Å². The summed E-state index contributed by atoms with van der Waals surface area (Å²) < 4.78 is 30.1. The highest BCUT2D eigenvalue weighted by Crippen LogP contribution is 2.39. The van der Waals surface area contributed by atoms with E-state index in [-0.39, 0.29) is 31.0 Å². The molecular formula is C24H39NO6Si. The number of alkyl carbamates (subject to hydrolysis) is 1. The van der Waals surface area contributed by atoms with Crippen molar-refractivity contribution in [2.75, 3.05) is 13.2 Å². The molecule has 1 saturated heterocycles. The van der Waals surface area contributed by atoms with E-state index in [1.165, 1.54) is 0 Å². The number of carbonyl (C=O) groups is 1. The zero-order chi connectivity index (χ0) is 23.2. The molecule has 1 aromatic carbocycles. The second-order valence-corrected chi connectivity index (χ2v) is 13.9. The van der Waals surface area contributed by atoms with Crippen LogP contribution in [0.25, 0.3) is 0 Å². The number of rotatable bonds is 11. The lowest BCUT2D eigenvalue weighted by Gasteiger charge is -2.28. The Hall–Kier alpha value is -1.45. The van der Waals surface area contributed by atoms with Gasteiger partial charge in [0.05, 0.1) is 25.4 Å². The molecular weight excluding hydrogens is 426 g/mol. The van der Waals surface area contributed by atoms with E-state index in [2.05, 4.69) is 26.1 Å². The third kappa shape index (κ3) is 6.32. The van der Waals surface area contributed by atoms with E-state index in [9.17, 15) is 4.79 Å². The molecule has 0 unspecified atom stereocenters. The zero-order valence-corrected chi connectivity index (χ0v) is 21.1. The van der Waals surface area contributed by atoms with Gasteiger partial charge in [-0.3, -0.25) is 0 Å². The minimum Gasteiger partial charge on any atom is -0.445 e. The number of benzene rings is 1. The molecule has 32 heavy (non-hydrogen) atoms. The number of fused-ring (bicyclic) bond motifs is 1. The van der Waals surface area contributed by atoms with Gasteiger partial charge in [-0.25, -0.2) is 4.79 Å². The molecule has 1 saturated carbocycles. The van der Waals surface area contributed by atoms with Crippen LogP contribution in [0.5, 0.6) is 0 Å². The highest BCUT2D eigenvalue weighted by Gasteiger charge is 2.55. The van der Waals surface area contributed by atoms with E-state index in [0.717, 1.165) is 23.7 Å². The van der Waals surface area contributed by atoms with Crippen molar-refractivity contribution in [3.05, 3.63) is 35.9 Å². The fraction of sp³-hybridized carbons (Fsp3) is 0.708. The van der Waals surface area contributed by atoms with Gasteiger partial charge in [0, 0.05) is 0 Å². The van der Waals surface area contributed by atoms with Crippen molar-refractivity contribution in [1.82, 2.24) is 5.32 Å². The van der Waals surface area contributed by atoms with Crippen molar-refractivity contribution in [3.63, 3.8) is 0 Å². The van der Waals surface area contributed by atoms with Gasteiger partial charge in [0.2, 0.25) is 0 Å². The van der Waals surface area contributed by atoms with Crippen LogP contribution in [0.3, 0.4) is 0 Å². The van der Waals surface area contributed by atoms with E-state index in [1.807, 2.05) is 44.2 Å². The summed E-state index contributed by atoms with van der Waals surface area (Å²) in [5.41, 5.74) is 0.945. The van der Waals surface area contributed by atoms with Gasteiger partial charge in [-0.2, -0.15) is 0 Å². The van der Waals surface area contributed by atoms with E-state index in [1.54, 1.807) is 0 Å². The van der Waals surface area contributed by atoms with Crippen molar-refractivity contribution in [3.8, 4) is 0 Å². The molecule has 7 nitrogen and oxygen atoms in total. The van der Waals surface area contributed by atoms with Crippen LogP contribution >= 0.6 is 0 Å². The fourth-order valence-electron chi connectivity index (χ4n) is 4.67. The topological polar surface area (TPSA) is 75.3 Å². The Morgan fingerprint density at radius 2 is 1.72 bits per heavy atom. The van der Waals surface area contributed by atoms with Crippen molar-refractivity contribution < 1.29 is 28.2 Å². The van der Waals surface area contributed by atoms with Gasteiger partial charge in [0.25, 0.3) is 0 Å². The third-order valence-electron chi connectivity index (χ3n) is 6.69. The van der Waals surface area contributed by atoms with Crippen LogP contribution < -0.4 is 5.32 Å². The van der Waals surface area contributed by atoms with Crippen LogP contribution in [0, 0.1) is 0 Å². The number of ether oxygens (including phenoxy) is 4. The molecule has 1 aliphatic heterocycles. The lowest BCUT2D eigenvalue weighted by Crippen LogP contribution is -2.43. The summed E-state index contributed by atoms with van der Waals surface area (Å²) in [5.74, 6) is -0.712. The van der Waals surface area contributed by atoms with E-state index < -0.39 is 20.2 Å². The normalized spacial score (nSPS) is 26.7. The largest absolute Gasteiger partial charge is 0.445 e. The Morgan fingerprint density at radius 1 is 1.06 bits per heavy atom. The van der Waals surface area contributed by atoms with Gasteiger partial charge in [-0.15, -0.1) is 0 Å². The summed E-state index contributed by atoms with van der Waals surface area (Å²) in [6.45, 7) is 11.8. The molecule has 2 fully saturated rings. The molecule has 0 aromatic heterocycles. The SMILES string of the molecule is CC[Si](CC)(CC)OCCO[C@H]1C[C@@H](NC(=O)OCc2ccccc2)[C@@H]2OC(C)(C)O[C@@H]21. The van der Waals surface area contributed by atoms with Crippen molar-refractivity contribution in [1.29, 1.82) is 0 Å².